The van der Waals surface area contributed by atoms with E-state index in [2.05, 4.69) is 35.3 Å². The Kier molecular flexibility index (Phi) is 6.23. The minimum atomic E-state index is -0.293. The van der Waals surface area contributed by atoms with E-state index in [0.29, 0.717) is 11.7 Å². The van der Waals surface area contributed by atoms with Gasteiger partial charge < -0.3 is 0 Å². The number of rotatable bonds is 6. The molecular formula is C24H22FN3OS. The van der Waals surface area contributed by atoms with E-state index >= 15 is 0 Å². The lowest BCUT2D eigenvalue weighted by molar-refractivity contribution is -0.126. The molecule has 30 heavy (non-hydrogen) atoms. The number of amides is 1. The van der Waals surface area contributed by atoms with Crippen molar-refractivity contribution in [2.75, 3.05) is 0 Å². The lowest BCUT2D eigenvalue weighted by Crippen LogP contribution is -2.31. The Hall–Kier alpha value is -2.99. The second-order valence-electron chi connectivity index (χ2n) is 7.14. The summed E-state index contributed by atoms with van der Waals surface area (Å²) < 4.78 is 13.2. The molecule has 152 valence electrons. The van der Waals surface area contributed by atoms with E-state index in [0.717, 1.165) is 34.7 Å². The van der Waals surface area contributed by atoms with Crippen LogP contribution in [0.3, 0.4) is 0 Å². The second-order valence-corrected chi connectivity index (χ2v) is 8.31. The molecule has 3 aromatic carbocycles. The first-order valence-corrected chi connectivity index (χ1v) is 10.8. The van der Waals surface area contributed by atoms with Gasteiger partial charge in [0.2, 0.25) is 5.91 Å². The second kappa shape index (κ2) is 9.22. The predicted molar refractivity (Wildman–Crippen MR) is 122 cm³/mol. The number of halogens is 1. The van der Waals surface area contributed by atoms with E-state index in [4.69, 9.17) is 0 Å². The monoisotopic (exact) mass is 419 g/mol. The molecule has 1 aliphatic rings. The third-order valence-corrected chi connectivity index (χ3v) is 6.22. The summed E-state index contributed by atoms with van der Waals surface area (Å²) in [6.45, 7) is 2.42. The summed E-state index contributed by atoms with van der Waals surface area (Å²) in [6, 6.07) is 20.3. The van der Waals surface area contributed by atoms with Gasteiger partial charge in [0.25, 0.3) is 0 Å². The van der Waals surface area contributed by atoms with Crippen molar-refractivity contribution in [3.8, 4) is 0 Å². The van der Waals surface area contributed by atoms with E-state index in [1.807, 2.05) is 24.3 Å². The zero-order valence-corrected chi connectivity index (χ0v) is 17.5. The Morgan fingerprint density at radius 2 is 1.83 bits per heavy atom. The summed E-state index contributed by atoms with van der Waals surface area (Å²) in [5.74, 6) is -0.261. The fourth-order valence-corrected chi connectivity index (χ4v) is 4.67. The molecule has 0 unspecified atom stereocenters. The number of benzene rings is 3. The van der Waals surface area contributed by atoms with Crippen LogP contribution in [0.1, 0.15) is 30.9 Å². The van der Waals surface area contributed by atoms with Gasteiger partial charge in [-0.05, 0) is 34.9 Å². The molecular weight excluding hydrogens is 397 g/mol. The van der Waals surface area contributed by atoms with Crippen LogP contribution in [-0.2, 0) is 11.3 Å². The molecule has 6 heteroatoms. The van der Waals surface area contributed by atoms with Crippen molar-refractivity contribution in [2.24, 2.45) is 10.2 Å². The van der Waals surface area contributed by atoms with Crippen LogP contribution in [0.15, 0.2) is 76.9 Å². The van der Waals surface area contributed by atoms with Gasteiger partial charge in [0.15, 0.2) is 5.17 Å². The van der Waals surface area contributed by atoms with Gasteiger partial charge in [-0.3, -0.25) is 9.69 Å². The highest BCUT2D eigenvalue weighted by Crippen LogP contribution is 2.31. The average molecular weight is 420 g/mol. The van der Waals surface area contributed by atoms with Gasteiger partial charge in [-0.2, -0.15) is 5.10 Å². The van der Waals surface area contributed by atoms with Crippen molar-refractivity contribution in [3.05, 3.63) is 83.7 Å². The van der Waals surface area contributed by atoms with Gasteiger partial charge in [0.1, 0.15) is 5.82 Å². The van der Waals surface area contributed by atoms with Crippen LogP contribution in [-0.4, -0.2) is 27.4 Å². The Morgan fingerprint density at radius 1 is 1.07 bits per heavy atom. The van der Waals surface area contributed by atoms with Gasteiger partial charge in [0.05, 0.1) is 18.0 Å². The highest BCUT2D eigenvalue weighted by molar-refractivity contribution is 8.15. The molecule has 0 N–H and O–H groups in total. The Balaban J connectivity index is 1.60. The third kappa shape index (κ3) is 4.44. The van der Waals surface area contributed by atoms with Crippen LogP contribution >= 0.6 is 11.8 Å². The SMILES string of the molecule is CCC[C@@H]1S/C(=N/N=C\c2cccc3ccccc23)N(Cc2ccc(F)cc2)C1=O. The normalized spacial score (nSPS) is 18.2. The standard InChI is InChI=1S/C24H22FN3OS/c1-2-6-22-23(29)28(16-17-11-13-20(25)14-12-17)24(30-22)27-26-15-19-9-5-8-18-7-3-4-10-21(18)19/h3-5,7-15,22H,2,6,16H2,1H3/b26-15-,27-24+/t22-/m0/s1. The minimum Gasteiger partial charge on any atom is -0.284 e. The predicted octanol–water partition coefficient (Wildman–Crippen LogP) is 5.61. The summed E-state index contributed by atoms with van der Waals surface area (Å²) in [6.07, 6.45) is 3.43. The van der Waals surface area contributed by atoms with Crippen molar-refractivity contribution < 1.29 is 9.18 Å². The van der Waals surface area contributed by atoms with Crippen LogP contribution in [0.4, 0.5) is 4.39 Å². The van der Waals surface area contributed by atoms with Gasteiger partial charge in [0, 0.05) is 5.56 Å². The largest absolute Gasteiger partial charge is 0.284 e. The molecule has 4 nitrogen and oxygen atoms in total. The zero-order chi connectivity index (χ0) is 20.9. The van der Waals surface area contributed by atoms with Gasteiger partial charge in [-0.15, -0.1) is 5.10 Å². The Morgan fingerprint density at radius 3 is 2.63 bits per heavy atom. The molecule has 1 fully saturated rings. The van der Waals surface area contributed by atoms with Gasteiger partial charge >= 0.3 is 0 Å². The lowest BCUT2D eigenvalue weighted by atomic mass is 10.1. The molecule has 0 bridgehead atoms. The van der Waals surface area contributed by atoms with Crippen LogP contribution in [0.2, 0.25) is 0 Å². The molecule has 0 aliphatic carbocycles. The van der Waals surface area contributed by atoms with Crippen LogP contribution < -0.4 is 0 Å². The molecule has 1 saturated heterocycles. The lowest BCUT2D eigenvalue weighted by Gasteiger charge is -2.15. The van der Waals surface area contributed by atoms with Gasteiger partial charge in [-0.1, -0.05) is 79.7 Å². The van der Waals surface area contributed by atoms with Crippen molar-refractivity contribution >= 4 is 39.8 Å². The van der Waals surface area contributed by atoms with E-state index < -0.39 is 0 Å². The van der Waals surface area contributed by atoms with Crippen molar-refractivity contribution in [3.63, 3.8) is 0 Å². The zero-order valence-electron chi connectivity index (χ0n) is 16.7. The molecule has 0 radical (unpaired) electrons. The number of hydrogen-bond donors (Lipinski definition) is 0. The van der Waals surface area contributed by atoms with Gasteiger partial charge in [-0.25, -0.2) is 4.39 Å². The van der Waals surface area contributed by atoms with E-state index in [1.165, 1.54) is 23.9 Å². The first-order chi connectivity index (χ1) is 14.7. The molecule has 0 spiro atoms. The Bertz CT molecular complexity index is 1110. The third-order valence-electron chi connectivity index (χ3n) is 4.99. The molecule has 1 atom stereocenters. The number of thioether (sulfide) groups is 1. The maximum atomic E-state index is 13.2. The number of hydrogen-bond acceptors (Lipinski definition) is 4. The summed E-state index contributed by atoms with van der Waals surface area (Å²) in [5, 5.41) is 11.4. The molecule has 0 saturated carbocycles. The number of fused-ring (bicyclic) bond motifs is 1. The molecule has 1 aliphatic heterocycles. The number of carbonyl (C=O) groups is 1. The maximum Gasteiger partial charge on any atom is 0.242 e. The highest BCUT2D eigenvalue weighted by Gasteiger charge is 2.37. The van der Waals surface area contributed by atoms with Crippen molar-refractivity contribution in [1.82, 2.24) is 4.90 Å². The number of amidine groups is 1. The van der Waals surface area contributed by atoms with Crippen molar-refractivity contribution in [1.29, 1.82) is 0 Å². The highest BCUT2D eigenvalue weighted by atomic mass is 32.2. The Labute approximate surface area is 179 Å². The topological polar surface area (TPSA) is 45.0 Å². The van der Waals surface area contributed by atoms with E-state index in [-0.39, 0.29) is 17.0 Å². The summed E-state index contributed by atoms with van der Waals surface area (Å²) in [4.78, 5) is 14.5. The quantitative estimate of drug-likeness (QED) is 0.385. The molecule has 1 heterocycles. The first-order valence-electron chi connectivity index (χ1n) is 9.97. The summed E-state index contributed by atoms with van der Waals surface area (Å²) in [5.41, 5.74) is 1.83. The van der Waals surface area contributed by atoms with Crippen molar-refractivity contribution in [2.45, 2.75) is 31.6 Å². The number of nitrogens with zero attached hydrogens (tertiary/aromatic N) is 3. The number of carbonyl (C=O) groups excluding carboxylic acids is 1. The molecule has 3 aromatic rings. The molecule has 1 amide bonds. The van der Waals surface area contributed by atoms with Crippen LogP contribution in [0.25, 0.3) is 10.8 Å². The maximum absolute atomic E-state index is 13.2. The molecule has 4 rings (SSSR count). The van der Waals surface area contributed by atoms with Crippen LogP contribution in [0, 0.1) is 5.82 Å². The average Bonchev–Trinajstić information content (AvgIpc) is 3.05. The van der Waals surface area contributed by atoms with Crippen LogP contribution in [0.5, 0.6) is 0 Å². The fraction of sp³-hybridized carbons (Fsp3) is 0.208. The summed E-state index contributed by atoms with van der Waals surface area (Å²) >= 11 is 1.45. The van der Waals surface area contributed by atoms with E-state index in [1.54, 1.807) is 23.2 Å². The fourth-order valence-electron chi connectivity index (χ4n) is 3.45. The summed E-state index contributed by atoms with van der Waals surface area (Å²) in [7, 11) is 0. The van der Waals surface area contributed by atoms with E-state index in [9.17, 15) is 9.18 Å². The molecule has 0 aromatic heterocycles. The smallest absolute Gasteiger partial charge is 0.242 e. The minimum absolute atomic E-state index is 0.0327. The first kappa shape index (κ1) is 20.3.